The number of carbonyl (C=O) groups is 2. The predicted molar refractivity (Wildman–Crippen MR) is 72.6 cm³/mol. The van der Waals surface area contributed by atoms with Crippen LogP contribution in [0.5, 0.6) is 0 Å². The Labute approximate surface area is 115 Å². The smallest absolute Gasteiger partial charge is 0.307 e. The van der Waals surface area contributed by atoms with Crippen molar-refractivity contribution in [3.05, 3.63) is 0 Å². The lowest BCUT2D eigenvalue weighted by Gasteiger charge is -2.36. The van der Waals surface area contributed by atoms with Crippen LogP contribution in [0.2, 0.25) is 0 Å². The highest BCUT2D eigenvalue weighted by molar-refractivity contribution is 5.85. The summed E-state index contributed by atoms with van der Waals surface area (Å²) in [6.45, 7) is 4.47. The van der Waals surface area contributed by atoms with Crippen LogP contribution in [0.15, 0.2) is 0 Å². The van der Waals surface area contributed by atoms with Crippen LogP contribution in [0.3, 0.4) is 0 Å². The van der Waals surface area contributed by atoms with Crippen molar-refractivity contribution in [2.75, 3.05) is 0 Å². The monoisotopic (exact) mass is 267 g/mol. The number of carboxylic acids is 1. The summed E-state index contributed by atoms with van der Waals surface area (Å²) in [5.41, 5.74) is 0.290. The summed E-state index contributed by atoms with van der Waals surface area (Å²) in [7, 11) is 0. The summed E-state index contributed by atoms with van der Waals surface area (Å²) in [5.74, 6) is -1.65. The van der Waals surface area contributed by atoms with E-state index in [9.17, 15) is 9.59 Å². The largest absolute Gasteiger partial charge is 0.481 e. The second-order valence-corrected chi connectivity index (χ2v) is 6.95. The SMILES string of the molecule is CC1(C)CCCC(NC(=O)C2CCCC2C(=O)O)C1. The zero-order valence-electron chi connectivity index (χ0n) is 11.9. The molecule has 0 aromatic heterocycles. The Morgan fingerprint density at radius 1 is 1.11 bits per heavy atom. The molecule has 2 N–H and O–H groups in total. The molecule has 0 radical (unpaired) electrons. The molecule has 19 heavy (non-hydrogen) atoms. The van der Waals surface area contributed by atoms with E-state index in [2.05, 4.69) is 19.2 Å². The molecular formula is C15H25NO3. The molecule has 0 bridgehead atoms. The standard InChI is InChI=1S/C15H25NO3/c1-15(2)8-4-5-10(9-15)16-13(17)11-6-3-7-12(11)14(18)19/h10-12H,3-9H2,1-2H3,(H,16,17)(H,18,19). The Bertz CT molecular complexity index is 364. The van der Waals surface area contributed by atoms with Crippen molar-refractivity contribution in [1.29, 1.82) is 0 Å². The first-order valence-electron chi connectivity index (χ1n) is 7.42. The zero-order valence-corrected chi connectivity index (χ0v) is 11.9. The molecule has 2 saturated carbocycles. The molecule has 0 aromatic carbocycles. The summed E-state index contributed by atoms with van der Waals surface area (Å²) in [6, 6.07) is 0.228. The van der Waals surface area contributed by atoms with Gasteiger partial charge in [0.2, 0.25) is 5.91 Å². The van der Waals surface area contributed by atoms with Crippen LogP contribution in [-0.2, 0) is 9.59 Å². The average molecular weight is 267 g/mol. The van der Waals surface area contributed by atoms with Crippen molar-refractivity contribution >= 4 is 11.9 Å². The Kier molecular flexibility index (Phi) is 4.16. The van der Waals surface area contributed by atoms with E-state index in [1.807, 2.05) is 0 Å². The summed E-state index contributed by atoms with van der Waals surface area (Å²) < 4.78 is 0. The van der Waals surface area contributed by atoms with Gasteiger partial charge in [-0.15, -0.1) is 0 Å². The molecule has 0 saturated heterocycles. The lowest BCUT2D eigenvalue weighted by Crippen LogP contribution is -2.44. The minimum atomic E-state index is -0.818. The number of rotatable bonds is 3. The number of aliphatic carboxylic acids is 1. The lowest BCUT2D eigenvalue weighted by atomic mass is 9.75. The van der Waals surface area contributed by atoms with E-state index in [4.69, 9.17) is 5.11 Å². The van der Waals surface area contributed by atoms with Crippen LogP contribution in [0.25, 0.3) is 0 Å². The summed E-state index contributed by atoms with van der Waals surface area (Å²) >= 11 is 0. The summed E-state index contributed by atoms with van der Waals surface area (Å²) in [5, 5.41) is 12.2. The first-order valence-corrected chi connectivity index (χ1v) is 7.42. The maximum Gasteiger partial charge on any atom is 0.307 e. The molecule has 2 rings (SSSR count). The Balaban J connectivity index is 1.92. The minimum Gasteiger partial charge on any atom is -0.481 e. The molecule has 4 heteroatoms. The predicted octanol–water partition coefficient (Wildman–Crippen LogP) is 2.57. The molecule has 0 aromatic rings. The van der Waals surface area contributed by atoms with Crippen molar-refractivity contribution in [3.8, 4) is 0 Å². The fourth-order valence-corrected chi connectivity index (χ4v) is 3.70. The fourth-order valence-electron chi connectivity index (χ4n) is 3.70. The number of hydrogen-bond acceptors (Lipinski definition) is 2. The van der Waals surface area contributed by atoms with Gasteiger partial charge < -0.3 is 10.4 Å². The zero-order chi connectivity index (χ0) is 14.0. The number of amides is 1. The number of carbonyl (C=O) groups excluding carboxylic acids is 1. The van der Waals surface area contributed by atoms with Gasteiger partial charge in [0, 0.05) is 6.04 Å². The highest BCUT2D eigenvalue weighted by atomic mass is 16.4. The molecule has 2 fully saturated rings. The van der Waals surface area contributed by atoms with Gasteiger partial charge in [-0.05, 0) is 37.5 Å². The molecule has 4 nitrogen and oxygen atoms in total. The first-order chi connectivity index (χ1) is 8.89. The maximum absolute atomic E-state index is 12.3. The van der Waals surface area contributed by atoms with Gasteiger partial charge in [-0.25, -0.2) is 0 Å². The van der Waals surface area contributed by atoms with E-state index in [0.29, 0.717) is 6.42 Å². The van der Waals surface area contributed by atoms with Crippen LogP contribution in [0, 0.1) is 17.3 Å². The van der Waals surface area contributed by atoms with Crippen LogP contribution >= 0.6 is 0 Å². The quantitative estimate of drug-likeness (QED) is 0.826. The summed E-state index contributed by atoms with van der Waals surface area (Å²) in [4.78, 5) is 23.4. The van der Waals surface area contributed by atoms with Gasteiger partial charge in [-0.3, -0.25) is 9.59 Å². The van der Waals surface area contributed by atoms with E-state index >= 15 is 0 Å². The highest BCUT2D eigenvalue weighted by Gasteiger charge is 2.39. The van der Waals surface area contributed by atoms with Crippen LogP contribution in [-0.4, -0.2) is 23.0 Å². The number of hydrogen-bond donors (Lipinski definition) is 2. The molecule has 2 aliphatic carbocycles. The Morgan fingerprint density at radius 3 is 2.42 bits per heavy atom. The molecule has 3 atom stereocenters. The van der Waals surface area contributed by atoms with E-state index in [-0.39, 0.29) is 23.3 Å². The average Bonchev–Trinajstić information content (AvgIpc) is 2.76. The number of nitrogens with one attached hydrogen (secondary N) is 1. The first kappa shape index (κ1) is 14.4. The van der Waals surface area contributed by atoms with Gasteiger partial charge in [0.25, 0.3) is 0 Å². The third-order valence-electron chi connectivity index (χ3n) is 4.72. The normalized spacial score (nSPS) is 33.9. The van der Waals surface area contributed by atoms with E-state index < -0.39 is 11.9 Å². The number of carboxylic acid groups (broad SMARTS) is 1. The fraction of sp³-hybridized carbons (Fsp3) is 0.867. The topological polar surface area (TPSA) is 66.4 Å². The molecule has 1 amide bonds. The third kappa shape index (κ3) is 3.48. The third-order valence-corrected chi connectivity index (χ3v) is 4.72. The maximum atomic E-state index is 12.3. The molecule has 0 heterocycles. The highest BCUT2D eigenvalue weighted by Crippen LogP contribution is 2.36. The molecule has 0 aliphatic heterocycles. The minimum absolute atomic E-state index is 0.0346. The van der Waals surface area contributed by atoms with Crippen LogP contribution in [0.4, 0.5) is 0 Å². The van der Waals surface area contributed by atoms with Gasteiger partial charge in [-0.1, -0.05) is 26.7 Å². The second-order valence-electron chi connectivity index (χ2n) is 6.95. The lowest BCUT2D eigenvalue weighted by molar-refractivity contribution is -0.146. The van der Waals surface area contributed by atoms with Gasteiger partial charge >= 0.3 is 5.97 Å². The van der Waals surface area contributed by atoms with Crippen molar-refractivity contribution in [3.63, 3.8) is 0 Å². The van der Waals surface area contributed by atoms with Gasteiger partial charge in [0.05, 0.1) is 11.8 Å². The molecular weight excluding hydrogens is 242 g/mol. The van der Waals surface area contributed by atoms with Gasteiger partial charge in [-0.2, -0.15) is 0 Å². The van der Waals surface area contributed by atoms with E-state index in [0.717, 1.165) is 32.1 Å². The van der Waals surface area contributed by atoms with Gasteiger partial charge in [0.15, 0.2) is 0 Å². The van der Waals surface area contributed by atoms with Crippen molar-refractivity contribution < 1.29 is 14.7 Å². The van der Waals surface area contributed by atoms with Crippen molar-refractivity contribution in [2.45, 2.75) is 64.8 Å². The van der Waals surface area contributed by atoms with E-state index in [1.165, 1.54) is 6.42 Å². The Hall–Kier alpha value is -1.06. The van der Waals surface area contributed by atoms with E-state index in [1.54, 1.807) is 0 Å². The summed E-state index contributed by atoms with van der Waals surface area (Å²) in [6.07, 6.45) is 6.60. The van der Waals surface area contributed by atoms with Crippen LogP contribution in [0.1, 0.15) is 58.8 Å². The molecule has 2 aliphatic rings. The molecule has 0 spiro atoms. The van der Waals surface area contributed by atoms with Crippen molar-refractivity contribution in [2.24, 2.45) is 17.3 Å². The Morgan fingerprint density at radius 2 is 1.79 bits per heavy atom. The molecule has 3 unspecified atom stereocenters. The van der Waals surface area contributed by atoms with Crippen molar-refractivity contribution in [1.82, 2.24) is 5.32 Å². The van der Waals surface area contributed by atoms with Crippen LogP contribution < -0.4 is 5.32 Å². The second kappa shape index (κ2) is 5.51. The molecule has 108 valence electrons. The van der Waals surface area contributed by atoms with Gasteiger partial charge in [0.1, 0.15) is 0 Å².